The molecule has 2 aromatic carbocycles. The van der Waals surface area contributed by atoms with E-state index in [4.69, 9.17) is 0 Å². The summed E-state index contributed by atoms with van der Waals surface area (Å²) in [4.78, 5) is 31.8. The molecule has 5 rings (SSSR count). The van der Waals surface area contributed by atoms with E-state index in [2.05, 4.69) is 27.3 Å². The summed E-state index contributed by atoms with van der Waals surface area (Å²) in [6.07, 6.45) is 3.22. The van der Waals surface area contributed by atoms with Crippen LogP contribution in [0.4, 0.5) is 11.4 Å². The van der Waals surface area contributed by atoms with Gasteiger partial charge in [-0.2, -0.15) is 0 Å². The Kier molecular flexibility index (Phi) is 4.04. The van der Waals surface area contributed by atoms with Gasteiger partial charge in [0, 0.05) is 66.6 Å². The standard InChI is InChI=1S/C22H22N4O2/c27-21-6-2-15-14-18(3-5-20(15)24-21)25-9-11-26(12-10-25)22(28)17-1-4-19-16(13-17)7-8-23-19/h1,3-5,7-8,13-14,23H,2,6,9-12H2,(H,24,27). The van der Waals surface area contributed by atoms with E-state index in [1.54, 1.807) is 0 Å². The lowest BCUT2D eigenvalue weighted by Gasteiger charge is -2.36. The van der Waals surface area contributed by atoms with E-state index in [9.17, 15) is 9.59 Å². The molecular weight excluding hydrogens is 352 g/mol. The fraction of sp³-hybridized carbons (Fsp3) is 0.273. The van der Waals surface area contributed by atoms with Crippen molar-refractivity contribution in [3.05, 3.63) is 59.8 Å². The molecule has 0 aliphatic carbocycles. The molecule has 1 saturated heterocycles. The third kappa shape index (κ3) is 3.01. The second-order valence-corrected chi connectivity index (χ2v) is 7.45. The number of carbonyl (C=O) groups is 2. The lowest BCUT2D eigenvalue weighted by Crippen LogP contribution is -2.48. The Hall–Kier alpha value is -3.28. The summed E-state index contributed by atoms with van der Waals surface area (Å²) in [5.74, 6) is 0.182. The lowest BCUT2D eigenvalue weighted by atomic mass is 10.0. The Morgan fingerprint density at radius 1 is 0.929 bits per heavy atom. The van der Waals surface area contributed by atoms with Crippen molar-refractivity contribution in [2.45, 2.75) is 12.8 Å². The molecule has 0 unspecified atom stereocenters. The number of nitrogens with one attached hydrogen (secondary N) is 2. The number of nitrogens with zero attached hydrogens (tertiary/aromatic N) is 2. The predicted molar refractivity (Wildman–Crippen MR) is 110 cm³/mol. The third-order valence-corrected chi connectivity index (χ3v) is 5.72. The first-order valence-corrected chi connectivity index (χ1v) is 9.71. The topological polar surface area (TPSA) is 68.4 Å². The van der Waals surface area contributed by atoms with Crippen LogP contribution in [0.25, 0.3) is 10.9 Å². The van der Waals surface area contributed by atoms with Crippen molar-refractivity contribution in [1.82, 2.24) is 9.88 Å². The summed E-state index contributed by atoms with van der Waals surface area (Å²) >= 11 is 0. The number of carbonyl (C=O) groups excluding carboxylic acids is 2. The first kappa shape index (κ1) is 16.9. The van der Waals surface area contributed by atoms with Crippen molar-refractivity contribution in [2.24, 2.45) is 0 Å². The van der Waals surface area contributed by atoms with Crippen molar-refractivity contribution in [2.75, 3.05) is 36.4 Å². The molecule has 28 heavy (non-hydrogen) atoms. The van der Waals surface area contributed by atoms with Crippen LogP contribution in [0, 0.1) is 0 Å². The van der Waals surface area contributed by atoms with Gasteiger partial charge in [-0.05, 0) is 54.4 Å². The van der Waals surface area contributed by atoms with E-state index in [1.807, 2.05) is 41.4 Å². The number of hydrogen-bond donors (Lipinski definition) is 2. The van der Waals surface area contributed by atoms with Gasteiger partial charge in [0.1, 0.15) is 0 Å². The SMILES string of the molecule is O=C1CCc2cc(N3CCN(C(=O)c4ccc5[nH]ccc5c4)CC3)ccc2N1. The second-order valence-electron chi connectivity index (χ2n) is 7.45. The van der Waals surface area contributed by atoms with Crippen LogP contribution in [0.1, 0.15) is 22.3 Å². The molecule has 6 heteroatoms. The van der Waals surface area contributed by atoms with E-state index in [0.29, 0.717) is 19.5 Å². The van der Waals surface area contributed by atoms with Crippen LogP contribution in [0.2, 0.25) is 0 Å². The molecule has 2 amide bonds. The van der Waals surface area contributed by atoms with Gasteiger partial charge in [0.15, 0.2) is 0 Å². The smallest absolute Gasteiger partial charge is 0.253 e. The molecule has 1 fully saturated rings. The number of aromatic nitrogens is 1. The van der Waals surface area contributed by atoms with Crippen molar-refractivity contribution >= 4 is 34.1 Å². The molecule has 0 spiro atoms. The van der Waals surface area contributed by atoms with E-state index in [1.165, 1.54) is 5.56 Å². The Morgan fingerprint density at radius 3 is 2.64 bits per heavy atom. The molecule has 2 aliphatic rings. The summed E-state index contributed by atoms with van der Waals surface area (Å²) in [6, 6.07) is 14.0. The molecule has 2 aliphatic heterocycles. The fourth-order valence-corrected chi connectivity index (χ4v) is 4.10. The largest absolute Gasteiger partial charge is 0.368 e. The molecule has 3 aromatic rings. The molecule has 0 atom stereocenters. The van der Waals surface area contributed by atoms with Gasteiger partial charge in [0.05, 0.1) is 0 Å². The quantitative estimate of drug-likeness (QED) is 0.725. The molecule has 6 nitrogen and oxygen atoms in total. The zero-order valence-corrected chi connectivity index (χ0v) is 15.6. The Labute approximate surface area is 163 Å². The number of fused-ring (bicyclic) bond motifs is 2. The average molecular weight is 374 g/mol. The first-order valence-electron chi connectivity index (χ1n) is 9.71. The van der Waals surface area contributed by atoms with Gasteiger partial charge in [0.25, 0.3) is 5.91 Å². The summed E-state index contributed by atoms with van der Waals surface area (Å²) in [5, 5.41) is 3.99. The van der Waals surface area contributed by atoms with Crippen LogP contribution >= 0.6 is 0 Å². The van der Waals surface area contributed by atoms with Gasteiger partial charge in [-0.15, -0.1) is 0 Å². The minimum atomic E-state index is 0.0882. The second kappa shape index (κ2) is 6.71. The highest BCUT2D eigenvalue weighted by Crippen LogP contribution is 2.28. The number of aryl methyl sites for hydroxylation is 1. The van der Waals surface area contributed by atoms with Gasteiger partial charge in [-0.1, -0.05) is 0 Å². The minimum Gasteiger partial charge on any atom is -0.368 e. The van der Waals surface area contributed by atoms with Gasteiger partial charge < -0.3 is 20.1 Å². The lowest BCUT2D eigenvalue weighted by molar-refractivity contribution is -0.116. The van der Waals surface area contributed by atoms with Crippen molar-refractivity contribution in [1.29, 1.82) is 0 Å². The van der Waals surface area contributed by atoms with Crippen LogP contribution in [-0.4, -0.2) is 47.9 Å². The molecule has 0 radical (unpaired) electrons. The zero-order valence-electron chi connectivity index (χ0n) is 15.6. The number of anilines is 2. The van der Waals surface area contributed by atoms with Gasteiger partial charge >= 0.3 is 0 Å². The molecule has 142 valence electrons. The van der Waals surface area contributed by atoms with Crippen LogP contribution in [0.5, 0.6) is 0 Å². The zero-order chi connectivity index (χ0) is 19.1. The Morgan fingerprint density at radius 2 is 1.79 bits per heavy atom. The summed E-state index contributed by atoms with van der Waals surface area (Å²) in [6.45, 7) is 3.03. The van der Waals surface area contributed by atoms with E-state index < -0.39 is 0 Å². The molecule has 0 saturated carbocycles. The first-order chi connectivity index (χ1) is 13.7. The maximum Gasteiger partial charge on any atom is 0.253 e. The highest BCUT2D eigenvalue weighted by molar-refractivity contribution is 5.98. The molecule has 0 bridgehead atoms. The van der Waals surface area contributed by atoms with Gasteiger partial charge in [-0.3, -0.25) is 9.59 Å². The number of rotatable bonds is 2. The summed E-state index contributed by atoms with van der Waals surface area (Å²) in [7, 11) is 0. The van der Waals surface area contributed by atoms with Crippen molar-refractivity contribution in [3.63, 3.8) is 0 Å². The molecule has 3 heterocycles. The maximum absolute atomic E-state index is 12.9. The average Bonchev–Trinajstić information content (AvgIpc) is 3.21. The van der Waals surface area contributed by atoms with Crippen molar-refractivity contribution in [3.8, 4) is 0 Å². The van der Waals surface area contributed by atoms with E-state index in [-0.39, 0.29) is 11.8 Å². The monoisotopic (exact) mass is 374 g/mol. The molecular formula is C22H22N4O2. The number of hydrogen-bond acceptors (Lipinski definition) is 3. The molecule has 2 N–H and O–H groups in total. The Bertz CT molecular complexity index is 1060. The third-order valence-electron chi connectivity index (χ3n) is 5.72. The van der Waals surface area contributed by atoms with Crippen LogP contribution in [0.15, 0.2) is 48.7 Å². The van der Waals surface area contributed by atoms with Crippen LogP contribution in [0.3, 0.4) is 0 Å². The Balaban J connectivity index is 1.27. The normalized spacial score (nSPS) is 16.8. The van der Waals surface area contributed by atoms with E-state index in [0.717, 1.165) is 47.4 Å². The highest BCUT2D eigenvalue weighted by atomic mass is 16.2. The van der Waals surface area contributed by atoms with Gasteiger partial charge in [0.2, 0.25) is 5.91 Å². The van der Waals surface area contributed by atoms with Crippen LogP contribution < -0.4 is 10.2 Å². The number of H-pyrrole nitrogens is 1. The minimum absolute atomic E-state index is 0.0882. The number of amides is 2. The van der Waals surface area contributed by atoms with E-state index >= 15 is 0 Å². The number of piperazine rings is 1. The van der Waals surface area contributed by atoms with Crippen LogP contribution in [-0.2, 0) is 11.2 Å². The number of benzene rings is 2. The maximum atomic E-state index is 12.9. The fourth-order valence-electron chi connectivity index (χ4n) is 4.10. The molecule has 1 aromatic heterocycles. The highest BCUT2D eigenvalue weighted by Gasteiger charge is 2.23. The summed E-state index contributed by atoms with van der Waals surface area (Å²) in [5.41, 5.74) is 5.06. The number of aromatic amines is 1. The van der Waals surface area contributed by atoms with Crippen molar-refractivity contribution < 1.29 is 9.59 Å². The van der Waals surface area contributed by atoms with Gasteiger partial charge in [-0.25, -0.2) is 0 Å². The predicted octanol–water partition coefficient (Wildman–Crippen LogP) is 3.02. The summed E-state index contributed by atoms with van der Waals surface area (Å²) < 4.78 is 0.